The first-order valence-electron chi connectivity index (χ1n) is 32.3. The Morgan fingerprint density at radius 2 is 0.805 bits per heavy atom. The molecule has 77 heavy (non-hydrogen) atoms. The predicted octanol–water partition coefficient (Wildman–Crippen LogP) is 20.0. The average Bonchev–Trinajstić information content (AvgIpc) is 3.39. The van der Waals surface area contributed by atoms with Gasteiger partial charge < -0.3 is 19.4 Å². The van der Waals surface area contributed by atoms with Gasteiger partial charge in [0, 0.05) is 12.8 Å². The predicted molar refractivity (Wildman–Crippen MR) is 332 cm³/mol. The molecule has 0 fully saturated rings. The number of carbonyl (C=O) groups excluding carboxylic acids is 2. The van der Waals surface area contributed by atoms with Crippen molar-refractivity contribution >= 4 is 19.7 Å². The summed E-state index contributed by atoms with van der Waals surface area (Å²) in [6.45, 7) is 6.94. The molecule has 0 spiro atoms. The number of nitrogens with one attached hydrogen (secondary N) is 1. The van der Waals surface area contributed by atoms with Crippen molar-refractivity contribution in [1.82, 2.24) is 5.32 Å². The van der Waals surface area contributed by atoms with Crippen molar-refractivity contribution in [3.63, 3.8) is 0 Å². The highest BCUT2D eigenvalue weighted by Crippen LogP contribution is 2.43. The van der Waals surface area contributed by atoms with Crippen molar-refractivity contribution in [2.24, 2.45) is 0 Å². The van der Waals surface area contributed by atoms with Gasteiger partial charge in [-0.2, -0.15) is 0 Å². The van der Waals surface area contributed by atoms with Crippen LogP contribution in [0.1, 0.15) is 290 Å². The quantitative estimate of drug-likeness (QED) is 0.0205. The molecule has 0 aliphatic heterocycles. The molecular weight excluding hydrogens is 976 g/mol. The van der Waals surface area contributed by atoms with Crippen molar-refractivity contribution in [2.75, 3.05) is 40.9 Å². The van der Waals surface area contributed by atoms with Crippen LogP contribution in [0.4, 0.5) is 0 Å². The van der Waals surface area contributed by atoms with Gasteiger partial charge in [0.1, 0.15) is 19.3 Å². The van der Waals surface area contributed by atoms with Crippen LogP contribution in [0, 0.1) is 0 Å². The summed E-state index contributed by atoms with van der Waals surface area (Å²) in [5.41, 5.74) is 0. The van der Waals surface area contributed by atoms with Crippen molar-refractivity contribution in [3.8, 4) is 0 Å². The average molecular weight is 1100 g/mol. The first kappa shape index (κ1) is 74.5. The van der Waals surface area contributed by atoms with E-state index >= 15 is 0 Å². The van der Waals surface area contributed by atoms with Crippen molar-refractivity contribution < 1.29 is 37.3 Å². The van der Waals surface area contributed by atoms with Crippen LogP contribution >= 0.6 is 7.82 Å². The van der Waals surface area contributed by atoms with Gasteiger partial charge in [-0.3, -0.25) is 18.6 Å². The standard InChI is InChI=1S/C67H123N2O7P/c1-7-10-13-16-19-22-25-27-28-29-30-31-32-33-34-35-36-37-38-39-40-42-44-47-50-53-56-59-66(70)68-64(63-75-77(72,73)74-62-61-69(4,5)6)65(58-55-52-49-46-43-24-21-18-15-12-9-3)76-67(71)60-57-54-51-48-45-41-26-23-20-17-14-11-8-2/h19,22,27-28,30-31,41,45,51,54-55,58,64-65H,7-18,20-21,23-26,29,32-40,42-44,46-50,52-53,56-57,59-63H2,1-6H3,(H-,68,70,72,73)/p+1/b22-19-,28-27-,31-30-,45-41-,54-51+,58-55-. The number of hydrogen-bond acceptors (Lipinski definition) is 6. The lowest BCUT2D eigenvalue weighted by Gasteiger charge is -2.27. The molecule has 2 N–H and O–H groups in total. The lowest BCUT2D eigenvalue weighted by Crippen LogP contribution is -2.47. The van der Waals surface area contributed by atoms with Gasteiger partial charge in [0.05, 0.1) is 33.8 Å². The summed E-state index contributed by atoms with van der Waals surface area (Å²) < 4.78 is 30.6. The molecule has 0 radical (unpaired) electrons. The SMILES string of the molecule is CCCCC/C=C\C/C=C\C/C=C\CCCCCCCCCCCCCCCCC(=O)NC(COP(=O)(O)OCC[N+](C)(C)C)C(/C=C\CCCCCCCCCCC)OC(=O)CC/C=C/C/C=C\CCCCCCCC. The van der Waals surface area contributed by atoms with Gasteiger partial charge in [-0.1, -0.05) is 261 Å². The van der Waals surface area contributed by atoms with E-state index in [4.69, 9.17) is 13.8 Å². The van der Waals surface area contributed by atoms with E-state index in [1.807, 2.05) is 39.4 Å². The molecule has 0 aliphatic carbocycles. The monoisotopic (exact) mass is 1100 g/mol. The molecule has 0 aliphatic rings. The van der Waals surface area contributed by atoms with Gasteiger partial charge in [0.25, 0.3) is 0 Å². The number of carbonyl (C=O) groups is 2. The molecule has 3 atom stereocenters. The highest BCUT2D eigenvalue weighted by atomic mass is 31.2. The Hall–Kier alpha value is -2.55. The third-order valence-electron chi connectivity index (χ3n) is 14.1. The normalized spacial score (nSPS) is 14.1. The van der Waals surface area contributed by atoms with Crippen LogP contribution in [-0.4, -0.2) is 74.3 Å². The van der Waals surface area contributed by atoms with E-state index in [1.54, 1.807) is 0 Å². The van der Waals surface area contributed by atoms with E-state index < -0.39 is 25.9 Å². The highest BCUT2D eigenvalue weighted by Gasteiger charge is 2.30. The van der Waals surface area contributed by atoms with Gasteiger partial charge in [0.2, 0.25) is 5.91 Å². The second-order valence-electron chi connectivity index (χ2n) is 22.9. The number of phosphoric acid groups is 1. The van der Waals surface area contributed by atoms with Crippen LogP contribution in [0.15, 0.2) is 72.9 Å². The maximum Gasteiger partial charge on any atom is 0.472 e. The zero-order valence-electron chi connectivity index (χ0n) is 51.2. The Balaban J connectivity index is 5.04. The summed E-state index contributed by atoms with van der Waals surface area (Å²) in [5, 5.41) is 3.04. The van der Waals surface area contributed by atoms with Gasteiger partial charge in [0.15, 0.2) is 0 Å². The molecular formula is C67H124N2O7P+. The Morgan fingerprint density at radius 3 is 1.23 bits per heavy atom. The topological polar surface area (TPSA) is 111 Å². The number of phosphoric ester groups is 1. The second kappa shape index (κ2) is 56.7. The van der Waals surface area contributed by atoms with E-state index in [0.717, 1.165) is 64.2 Å². The first-order chi connectivity index (χ1) is 37.4. The van der Waals surface area contributed by atoms with Crippen LogP contribution in [0.5, 0.6) is 0 Å². The summed E-state index contributed by atoms with van der Waals surface area (Å²) in [5.74, 6) is -0.581. The molecule has 0 aromatic carbocycles. The van der Waals surface area contributed by atoms with E-state index in [0.29, 0.717) is 23.9 Å². The van der Waals surface area contributed by atoms with Gasteiger partial charge in [-0.05, 0) is 89.5 Å². The molecule has 0 saturated carbocycles. The fraction of sp³-hybridized carbons (Fsp3) is 0.791. The molecule has 0 rings (SSSR count). The van der Waals surface area contributed by atoms with Crippen LogP contribution in [0.3, 0.4) is 0 Å². The van der Waals surface area contributed by atoms with E-state index in [2.05, 4.69) is 80.8 Å². The number of ether oxygens (including phenoxy) is 1. The summed E-state index contributed by atoms with van der Waals surface area (Å²) in [6, 6.07) is -0.872. The van der Waals surface area contributed by atoms with Crippen LogP contribution in [0.25, 0.3) is 0 Å². The number of rotatable bonds is 58. The lowest BCUT2D eigenvalue weighted by molar-refractivity contribution is -0.870. The molecule has 0 saturated heterocycles. The molecule has 10 heteroatoms. The molecule has 3 unspecified atom stereocenters. The van der Waals surface area contributed by atoms with E-state index in [1.165, 1.54) is 186 Å². The summed E-state index contributed by atoms with van der Waals surface area (Å²) >= 11 is 0. The molecule has 1 amide bonds. The smallest absolute Gasteiger partial charge is 0.456 e. The summed E-state index contributed by atoms with van der Waals surface area (Å²) in [4.78, 5) is 37.6. The zero-order valence-corrected chi connectivity index (χ0v) is 52.1. The lowest BCUT2D eigenvalue weighted by atomic mass is 10.0. The Labute approximate surface area is 476 Å². The highest BCUT2D eigenvalue weighted by molar-refractivity contribution is 7.47. The number of esters is 1. The maximum absolute atomic E-state index is 13.5. The fourth-order valence-corrected chi connectivity index (χ4v) is 9.85. The van der Waals surface area contributed by atoms with Crippen molar-refractivity contribution in [3.05, 3.63) is 72.9 Å². The summed E-state index contributed by atoms with van der Waals surface area (Å²) in [7, 11) is 1.47. The Bertz CT molecular complexity index is 1550. The molecule has 448 valence electrons. The number of allylic oxidation sites excluding steroid dienone is 11. The molecule has 0 aromatic heterocycles. The maximum atomic E-state index is 13.5. The summed E-state index contributed by atoms with van der Waals surface area (Å²) in [6.07, 6.45) is 73.6. The van der Waals surface area contributed by atoms with Crippen molar-refractivity contribution in [2.45, 2.75) is 303 Å². The van der Waals surface area contributed by atoms with Crippen LogP contribution in [-0.2, 0) is 27.9 Å². The molecule has 0 bridgehead atoms. The number of hydrogen-bond donors (Lipinski definition) is 2. The molecule has 9 nitrogen and oxygen atoms in total. The zero-order chi connectivity index (χ0) is 56.4. The Kier molecular flexibility index (Phi) is 54.8. The largest absolute Gasteiger partial charge is 0.472 e. The molecule has 0 heterocycles. The second-order valence-corrected chi connectivity index (χ2v) is 24.4. The minimum Gasteiger partial charge on any atom is -0.456 e. The fourth-order valence-electron chi connectivity index (χ4n) is 9.12. The van der Waals surface area contributed by atoms with E-state index in [9.17, 15) is 19.0 Å². The number of nitrogens with zero attached hydrogens (tertiary/aromatic N) is 1. The Morgan fingerprint density at radius 1 is 0.455 bits per heavy atom. The molecule has 0 aromatic rings. The minimum absolute atomic E-state index is 0.0314. The van der Waals surface area contributed by atoms with Crippen LogP contribution < -0.4 is 5.32 Å². The van der Waals surface area contributed by atoms with Gasteiger partial charge in [-0.25, -0.2) is 4.57 Å². The third-order valence-corrected chi connectivity index (χ3v) is 15.1. The van der Waals surface area contributed by atoms with Gasteiger partial charge in [-0.15, -0.1) is 0 Å². The van der Waals surface area contributed by atoms with Crippen molar-refractivity contribution in [1.29, 1.82) is 0 Å². The number of likely N-dealkylation sites (N-methyl/N-ethyl adjacent to an activating group) is 1. The van der Waals surface area contributed by atoms with E-state index in [-0.39, 0.29) is 25.5 Å². The van der Waals surface area contributed by atoms with Crippen LogP contribution in [0.2, 0.25) is 0 Å². The minimum atomic E-state index is -4.46. The number of quaternary nitrogens is 1. The third kappa shape index (κ3) is 57.9. The number of unbranched alkanes of at least 4 members (excludes halogenated alkanes) is 32. The first-order valence-corrected chi connectivity index (χ1v) is 33.8. The number of amides is 1. The van der Waals surface area contributed by atoms with Gasteiger partial charge >= 0.3 is 13.8 Å².